The van der Waals surface area contributed by atoms with Crippen LogP contribution in [0.25, 0.3) is 11.5 Å². The second-order valence-corrected chi connectivity index (χ2v) is 6.64. The number of oxazole rings is 1. The first-order valence-corrected chi connectivity index (χ1v) is 9.10. The molecule has 2 aromatic carbocycles. The molecule has 0 bridgehead atoms. The number of amides is 1. The molecule has 4 rings (SSSR count). The summed E-state index contributed by atoms with van der Waals surface area (Å²) in [5, 5.41) is 10.8. The van der Waals surface area contributed by atoms with E-state index in [1.165, 1.54) is 4.68 Å². The zero-order valence-electron chi connectivity index (χ0n) is 16.1. The van der Waals surface area contributed by atoms with Crippen LogP contribution in [0.5, 0.6) is 0 Å². The van der Waals surface area contributed by atoms with Gasteiger partial charge in [0, 0.05) is 11.3 Å². The zero-order chi connectivity index (χ0) is 20.4. The number of para-hydroxylation sites is 1. The van der Waals surface area contributed by atoms with Gasteiger partial charge in [-0.1, -0.05) is 41.6 Å². The number of aryl methyl sites for hydroxylation is 2. The summed E-state index contributed by atoms with van der Waals surface area (Å²) in [6, 6.07) is 17.1. The molecule has 0 atom stereocenters. The van der Waals surface area contributed by atoms with E-state index in [1.54, 1.807) is 0 Å². The van der Waals surface area contributed by atoms with Crippen molar-refractivity contribution < 1.29 is 9.21 Å². The van der Waals surface area contributed by atoms with Gasteiger partial charge in [-0.25, -0.2) is 9.67 Å². The maximum atomic E-state index is 12.6. The SMILES string of the molecule is Cc1ccccc1NC(=O)c1nnn(Cc2nc(-c3ccccc3)oc2C)c1N. The van der Waals surface area contributed by atoms with E-state index in [4.69, 9.17) is 10.2 Å². The minimum atomic E-state index is -0.412. The van der Waals surface area contributed by atoms with E-state index in [1.807, 2.05) is 68.4 Å². The van der Waals surface area contributed by atoms with Crippen LogP contribution in [-0.2, 0) is 6.54 Å². The van der Waals surface area contributed by atoms with Gasteiger partial charge in [0.25, 0.3) is 5.91 Å². The molecule has 4 aromatic rings. The van der Waals surface area contributed by atoms with Gasteiger partial charge in [0.15, 0.2) is 11.5 Å². The van der Waals surface area contributed by atoms with Crippen molar-refractivity contribution in [2.45, 2.75) is 20.4 Å². The van der Waals surface area contributed by atoms with Crippen LogP contribution in [0.3, 0.4) is 0 Å². The van der Waals surface area contributed by atoms with E-state index < -0.39 is 5.91 Å². The fraction of sp³-hybridized carbons (Fsp3) is 0.143. The third-order valence-corrected chi connectivity index (χ3v) is 4.59. The predicted molar refractivity (Wildman–Crippen MR) is 109 cm³/mol. The lowest BCUT2D eigenvalue weighted by Crippen LogP contribution is -2.16. The Kier molecular flexibility index (Phi) is 4.82. The molecule has 2 heterocycles. The quantitative estimate of drug-likeness (QED) is 0.542. The summed E-state index contributed by atoms with van der Waals surface area (Å²) >= 11 is 0. The molecule has 0 saturated heterocycles. The molecule has 1 amide bonds. The van der Waals surface area contributed by atoms with Crippen molar-refractivity contribution in [3.05, 3.63) is 77.3 Å². The molecule has 0 aliphatic carbocycles. The molecule has 0 fully saturated rings. The summed E-state index contributed by atoms with van der Waals surface area (Å²) in [6.45, 7) is 3.99. The minimum Gasteiger partial charge on any atom is -0.441 e. The highest BCUT2D eigenvalue weighted by Gasteiger charge is 2.20. The van der Waals surface area contributed by atoms with Gasteiger partial charge in [0.1, 0.15) is 11.5 Å². The third-order valence-electron chi connectivity index (χ3n) is 4.59. The Balaban J connectivity index is 1.54. The molecule has 0 aliphatic heterocycles. The number of hydrogen-bond donors (Lipinski definition) is 2. The topological polar surface area (TPSA) is 112 Å². The van der Waals surface area contributed by atoms with Crippen LogP contribution in [0, 0.1) is 13.8 Å². The second-order valence-electron chi connectivity index (χ2n) is 6.64. The summed E-state index contributed by atoms with van der Waals surface area (Å²) in [6.07, 6.45) is 0. The lowest BCUT2D eigenvalue weighted by molar-refractivity contribution is 0.102. The van der Waals surface area contributed by atoms with Crippen molar-refractivity contribution in [1.29, 1.82) is 0 Å². The normalized spacial score (nSPS) is 10.8. The monoisotopic (exact) mass is 388 g/mol. The van der Waals surface area contributed by atoms with Crippen LogP contribution in [0.15, 0.2) is 59.0 Å². The van der Waals surface area contributed by atoms with Crippen molar-refractivity contribution in [2.75, 3.05) is 11.1 Å². The van der Waals surface area contributed by atoms with Crippen LogP contribution >= 0.6 is 0 Å². The summed E-state index contributed by atoms with van der Waals surface area (Å²) in [5.41, 5.74) is 9.39. The molecule has 0 aliphatic rings. The zero-order valence-corrected chi connectivity index (χ0v) is 16.1. The summed E-state index contributed by atoms with van der Waals surface area (Å²) in [5.74, 6) is 0.934. The number of rotatable bonds is 5. The van der Waals surface area contributed by atoms with Crippen molar-refractivity contribution in [1.82, 2.24) is 20.0 Å². The van der Waals surface area contributed by atoms with Crippen LogP contribution < -0.4 is 11.1 Å². The fourth-order valence-corrected chi connectivity index (χ4v) is 2.91. The average Bonchev–Trinajstić information content (AvgIpc) is 3.27. The Morgan fingerprint density at radius 3 is 2.59 bits per heavy atom. The second kappa shape index (κ2) is 7.59. The fourth-order valence-electron chi connectivity index (χ4n) is 2.91. The van der Waals surface area contributed by atoms with Crippen molar-refractivity contribution in [3.8, 4) is 11.5 Å². The Bertz CT molecular complexity index is 1160. The molecule has 0 unspecified atom stereocenters. The molecular weight excluding hydrogens is 368 g/mol. The lowest BCUT2D eigenvalue weighted by atomic mass is 10.2. The van der Waals surface area contributed by atoms with Crippen LogP contribution in [-0.4, -0.2) is 25.9 Å². The smallest absolute Gasteiger partial charge is 0.280 e. The van der Waals surface area contributed by atoms with Gasteiger partial charge < -0.3 is 15.5 Å². The Hall–Kier alpha value is -3.94. The van der Waals surface area contributed by atoms with Crippen LogP contribution in [0.4, 0.5) is 11.5 Å². The predicted octanol–water partition coefficient (Wildman–Crippen LogP) is 3.43. The number of anilines is 2. The van der Waals surface area contributed by atoms with Gasteiger partial charge in [0.2, 0.25) is 5.89 Å². The van der Waals surface area contributed by atoms with Crippen molar-refractivity contribution in [3.63, 3.8) is 0 Å². The molecular formula is C21H20N6O2. The van der Waals surface area contributed by atoms with Crippen LogP contribution in [0.1, 0.15) is 27.5 Å². The van der Waals surface area contributed by atoms with Crippen molar-refractivity contribution >= 4 is 17.4 Å². The van der Waals surface area contributed by atoms with Crippen LogP contribution in [0.2, 0.25) is 0 Å². The number of nitrogens with zero attached hydrogens (tertiary/aromatic N) is 4. The molecule has 8 heteroatoms. The van der Waals surface area contributed by atoms with Gasteiger partial charge in [-0.15, -0.1) is 5.10 Å². The van der Waals surface area contributed by atoms with E-state index in [-0.39, 0.29) is 18.1 Å². The molecule has 3 N–H and O–H groups in total. The van der Waals surface area contributed by atoms with E-state index in [0.717, 1.165) is 11.1 Å². The maximum absolute atomic E-state index is 12.6. The number of benzene rings is 2. The molecule has 146 valence electrons. The number of nitrogen functional groups attached to an aromatic ring is 1. The summed E-state index contributed by atoms with van der Waals surface area (Å²) in [7, 11) is 0. The van der Waals surface area contributed by atoms with Gasteiger partial charge in [0.05, 0.1) is 6.54 Å². The highest BCUT2D eigenvalue weighted by Crippen LogP contribution is 2.23. The van der Waals surface area contributed by atoms with E-state index in [2.05, 4.69) is 20.6 Å². The molecule has 2 aromatic heterocycles. The maximum Gasteiger partial charge on any atom is 0.280 e. The number of hydrogen-bond acceptors (Lipinski definition) is 6. The number of nitrogens with two attached hydrogens (primary N) is 1. The van der Waals surface area contributed by atoms with Gasteiger partial charge in [-0.05, 0) is 37.6 Å². The van der Waals surface area contributed by atoms with Gasteiger partial charge in [-0.3, -0.25) is 4.79 Å². The lowest BCUT2D eigenvalue weighted by Gasteiger charge is -2.07. The number of carbonyl (C=O) groups is 1. The minimum absolute atomic E-state index is 0.0673. The van der Waals surface area contributed by atoms with E-state index in [9.17, 15) is 4.79 Å². The molecule has 0 saturated carbocycles. The first-order valence-electron chi connectivity index (χ1n) is 9.10. The average molecular weight is 388 g/mol. The Labute approximate surface area is 167 Å². The van der Waals surface area contributed by atoms with E-state index in [0.29, 0.717) is 23.0 Å². The number of nitrogens with one attached hydrogen (secondary N) is 1. The molecule has 0 radical (unpaired) electrons. The molecule has 0 spiro atoms. The summed E-state index contributed by atoms with van der Waals surface area (Å²) < 4.78 is 7.20. The van der Waals surface area contributed by atoms with Gasteiger partial charge >= 0.3 is 0 Å². The van der Waals surface area contributed by atoms with E-state index >= 15 is 0 Å². The van der Waals surface area contributed by atoms with Crippen molar-refractivity contribution in [2.24, 2.45) is 0 Å². The largest absolute Gasteiger partial charge is 0.441 e. The van der Waals surface area contributed by atoms with Gasteiger partial charge in [-0.2, -0.15) is 0 Å². The highest BCUT2D eigenvalue weighted by molar-refractivity contribution is 6.06. The standard InChI is InChI=1S/C21H20N6O2/c1-13-8-6-7-11-16(13)23-20(28)18-19(22)27(26-25-18)12-17-14(2)29-21(24-17)15-9-4-3-5-10-15/h3-11H,12,22H2,1-2H3,(H,23,28). The highest BCUT2D eigenvalue weighted by atomic mass is 16.4. The summed E-state index contributed by atoms with van der Waals surface area (Å²) in [4.78, 5) is 17.1. The first kappa shape index (κ1) is 18.4. The number of carbonyl (C=O) groups excluding carboxylic acids is 1. The Morgan fingerprint density at radius 2 is 1.83 bits per heavy atom. The Morgan fingerprint density at radius 1 is 1.10 bits per heavy atom. The number of aromatic nitrogens is 4. The molecule has 29 heavy (non-hydrogen) atoms. The molecule has 8 nitrogen and oxygen atoms in total. The first-order chi connectivity index (χ1) is 14.0. The third kappa shape index (κ3) is 3.73.